The molecule has 1 N–H and O–H groups in total. The van der Waals surface area contributed by atoms with Crippen LogP contribution in [-0.2, 0) is 0 Å². The average molecular weight is 411 g/mol. The second-order valence-corrected chi connectivity index (χ2v) is 8.78. The second kappa shape index (κ2) is 7.50. The number of hydrogen-bond acceptors (Lipinski definition) is 6. The van der Waals surface area contributed by atoms with Gasteiger partial charge in [-0.2, -0.15) is 9.61 Å². The van der Waals surface area contributed by atoms with Crippen LogP contribution >= 0.6 is 0 Å². The normalized spacial score (nSPS) is 26.4. The molecule has 1 aliphatic carbocycles. The molecule has 1 saturated carbocycles. The minimum absolute atomic E-state index is 0.284. The highest BCUT2D eigenvalue weighted by Crippen LogP contribution is 2.40. The van der Waals surface area contributed by atoms with Gasteiger partial charge in [-0.25, -0.2) is 4.39 Å². The molecule has 30 heavy (non-hydrogen) atoms. The first-order valence-electron chi connectivity index (χ1n) is 10.5. The molecule has 1 aliphatic heterocycles. The van der Waals surface area contributed by atoms with Crippen molar-refractivity contribution in [2.24, 2.45) is 11.8 Å². The van der Waals surface area contributed by atoms with E-state index in [4.69, 9.17) is 4.74 Å². The summed E-state index contributed by atoms with van der Waals surface area (Å²) >= 11 is 0. The molecule has 3 aromatic rings. The number of anilines is 1. The standard InChI is InChI=1S/C22H26FN5O2/c1-13(2)18-9-19(22-25-24-12-28(22)26-18)27-10-14-7-20(29)21(8-15(14)11-27)30-17-5-3-16(23)4-6-17/h3-6,9,12-15,20-21,29H,7-8,10-11H2,1-2H3/t14-,15+,20+,21+/m0/s1. The van der Waals surface area contributed by atoms with E-state index in [1.807, 2.05) is 0 Å². The predicted molar refractivity (Wildman–Crippen MR) is 110 cm³/mol. The van der Waals surface area contributed by atoms with Gasteiger partial charge in [-0.05, 0) is 60.9 Å². The minimum Gasteiger partial charge on any atom is -0.488 e. The molecular weight excluding hydrogens is 385 g/mol. The Morgan fingerprint density at radius 1 is 1.13 bits per heavy atom. The zero-order valence-corrected chi connectivity index (χ0v) is 17.1. The van der Waals surface area contributed by atoms with Crippen LogP contribution in [0.2, 0.25) is 0 Å². The van der Waals surface area contributed by atoms with E-state index in [2.05, 4.69) is 40.1 Å². The highest BCUT2D eigenvalue weighted by molar-refractivity contribution is 5.69. The van der Waals surface area contributed by atoms with Crippen LogP contribution in [0.4, 0.5) is 10.1 Å². The van der Waals surface area contributed by atoms with Gasteiger partial charge in [0.05, 0.1) is 17.5 Å². The van der Waals surface area contributed by atoms with Crippen molar-refractivity contribution < 1.29 is 14.2 Å². The fraction of sp³-hybridized carbons (Fsp3) is 0.500. The second-order valence-electron chi connectivity index (χ2n) is 8.78. The fourth-order valence-electron chi connectivity index (χ4n) is 4.75. The van der Waals surface area contributed by atoms with Crippen molar-refractivity contribution >= 4 is 11.3 Å². The third-order valence-corrected chi connectivity index (χ3v) is 6.39. The highest BCUT2D eigenvalue weighted by Gasteiger charge is 2.43. The lowest BCUT2D eigenvalue weighted by molar-refractivity contribution is -0.0231. The summed E-state index contributed by atoms with van der Waals surface area (Å²) in [7, 11) is 0. The minimum atomic E-state index is -0.534. The van der Waals surface area contributed by atoms with Crippen molar-refractivity contribution in [3.8, 4) is 5.75 Å². The Morgan fingerprint density at radius 3 is 2.60 bits per heavy atom. The predicted octanol–water partition coefficient (Wildman–Crippen LogP) is 3.04. The number of ether oxygens (including phenoxy) is 1. The van der Waals surface area contributed by atoms with Crippen LogP contribution in [0.3, 0.4) is 0 Å². The highest BCUT2D eigenvalue weighted by atomic mass is 19.1. The van der Waals surface area contributed by atoms with Gasteiger partial charge < -0.3 is 14.7 Å². The molecule has 1 saturated heterocycles. The van der Waals surface area contributed by atoms with Gasteiger partial charge in [0.2, 0.25) is 5.65 Å². The molecule has 0 unspecified atom stereocenters. The molecule has 7 nitrogen and oxygen atoms in total. The third kappa shape index (κ3) is 3.49. The summed E-state index contributed by atoms with van der Waals surface area (Å²) < 4.78 is 20.9. The first-order chi connectivity index (χ1) is 14.5. The van der Waals surface area contributed by atoms with Gasteiger partial charge in [0, 0.05) is 13.1 Å². The van der Waals surface area contributed by atoms with Gasteiger partial charge >= 0.3 is 0 Å². The van der Waals surface area contributed by atoms with E-state index < -0.39 is 6.10 Å². The van der Waals surface area contributed by atoms with Crippen molar-refractivity contribution in [1.82, 2.24) is 19.8 Å². The number of benzene rings is 1. The Balaban J connectivity index is 1.36. The van der Waals surface area contributed by atoms with E-state index >= 15 is 0 Å². The van der Waals surface area contributed by atoms with Crippen LogP contribution in [0.5, 0.6) is 5.75 Å². The lowest BCUT2D eigenvalue weighted by Gasteiger charge is -2.35. The van der Waals surface area contributed by atoms with E-state index in [-0.39, 0.29) is 11.9 Å². The van der Waals surface area contributed by atoms with E-state index in [0.29, 0.717) is 29.9 Å². The molecule has 3 heterocycles. The smallest absolute Gasteiger partial charge is 0.200 e. The first-order valence-corrected chi connectivity index (χ1v) is 10.5. The molecule has 5 rings (SSSR count). The molecule has 2 aromatic heterocycles. The lowest BCUT2D eigenvalue weighted by Crippen LogP contribution is -2.42. The fourth-order valence-corrected chi connectivity index (χ4v) is 4.75. The van der Waals surface area contributed by atoms with Gasteiger partial charge in [0.15, 0.2) is 0 Å². The number of aliphatic hydroxyl groups excluding tert-OH is 1. The largest absolute Gasteiger partial charge is 0.488 e. The maximum absolute atomic E-state index is 13.2. The number of nitrogens with zero attached hydrogens (tertiary/aromatic N) is 5. The van der Waals surface area contributed by atoms with Crippen LogP contribution in [0.25, 0.3) is 5.65 Å². The maximum atomic E-state index is 13.2. The van der Waals surface area contributed by atoms with Crippen LogP contribution < -0.4 is 9.64 Å². The summed E-state index contributed by atoms with van der Waals surface area (Å²) in [5, 5.41) is 23.6. The monoisotopic (exact) mass is 411 g/mol. The molecule has 1 aromatic carbocycles. The Hall–Kier alpha value is -2.74. The van der Waals surface area contributed by atoms with E-state index in [9.17, 15) is 9.50 Å². The SMILES string of the molecule is CC(C)c1cc(N2C[C@H]3C[C@@H](Oc4ccc(F)cc4)[C@H](O)C[C@H]3C2)c2nncn2n1. The average Bonchev–Trinajstić information content (AvgIpc) is 3.35. The summed E-state index contributed by atoms with van der Waals surface area (Å²) in [6.07, 6.45) is 2.29. The molecule has 4 atom stereocenters. The van der Waals surface area contributed by atoms with Gasteiger partial charge in [-0.1, -0.05) is 13.8 Å². The van der Waals surface area contributed by atoms with Crippen LogP contribution in [-0.4, -0.2) is 50.2 Å². The number of fused-ring (bicyclic) bond motifs is 2. The molecular formula is C22H26FN5O2. The van der Waals surface area contributed by atoms with Crippen molar-refractivity contribution in [1.29, 1.82) is 0 Å². The van der Waals surface area contributed by atoms with Crippen LogP contribution in [0, 0.1) is 17.7 Å². The van der Waals surface area contributed by atoms with Gasteiger partial charge in [-0.15, -0.1) is 10.2 Å². The summed E-state index contributed by atoms with van der Waals surface area (Å²) in [5.41, 5.74) is 2.81. The van der Waals surface area contributed by atoms with Crippen LogP contribution in [0.15, 0.2) is 36.7 Å². The number of rotatable bonds is 4. The molecule has 0 spiro atoms. The van der Waals surface area contributed by atoms with Gasteiger partial charge in [0.1, 0.15) is 24.0 Å². The van der Waals surface area contributed by atoms with E-state index in [0.717, 1.165) is 36.5 Å². The number of halogens is 1. The Kier molecular flexibility index (Phi) is 4.81. The zero-order valence-electron chi connectivity index (χ0n) is 17.1. The van der Waals surface area contributed by atoms with Crippen molar-refractivity contribution in [3.63, 3.8) is 0 Å². The van der Waals surface area contributed by atoms with E-state index in [1.54, 1.807) is 23.0 Å². The molecule has 8 heteroatoms. The number of hydrogen-bond donors (Lipinski definition) is 1. The van der Waals surface area contributed by atoms with Crippen molar-refractivity contribution in [2.45, 2.75) is 44.8 Å². The molecule has 0 radical (unpaired) electrons. The molecule has 158 valence electrons. The molecule has 0 amide bonds. The van der Waals surface area contributed by atoms with E-state index in [1.165, 1.54) is 12.1 Å². The van der Waals surface area contributed by atoms with Crippen molar-refractivity contribution in [3.05, 3.63) is 48.2 Å². The van der Waals surface area contributed by atoms with Crippen molar-refractivity contribution in [2.75, 3.05) is 18.0 Å². The Labute approximate surface area is 174 Å². The topological polar surface area (TPSA) is 75.8 Å². The summed E-state index contributed by atoms with van der Waals surface area (Å²) in [6, 6.07) is 8.10. The molecule has 0 bridgehead atoms. The van der Waals surface area contributed by atoms with Gasteiger partial charge in [0.25, 0.3) is 0 Å². The first kappa shape index (κ1) is 19.2. The summed E-state index contributed by atoms with van der Waals surface area (Å²) in [5.74, 6) is 1.41. The van der Waals surface area contributed by atoms with Gasteiger partial charge in [-0.3, -0.25) is 0 Å². The Morgan fingerprint density at radius 2 is 1.87 bits per heavy atom. The third-order valence-electron chi connectivity index (χ3n) is 6.39. The zero-order chi connectivity index (χ0) is 20.8. The summed E-state index contributed by atoms with van der Waals surface area (Å²) in [4.78, 5) is 2.35. The number of aromatic nitrogens is 4. The quantitative estimate of drug-likeness (QED) is 0.711. The maximum Gasteiger partial charge on any atom is 0.200 e. The molecule has 2 fully saturated rings. The lowest BCUT2D eigenvalue weighted by atomic mass is 9.78. The Bertz CT molecular complexity index is 1040. The van der Waals surface area contributed by atoms with Crippen LogP contribution in [0.1, 0.15) is 38.3 Å². The number of aliphatic hydroxyl groups is 1. The summed E-state index contributed by atoms with van der Waals surface area (Å²) in [6.45, 7) is 6.00. The molecule has 2 aliphatic rings.